The summed E-state index contributed by atoms with van der Waals surface area (Å²) in [5, 5.41) is 6.51. The number of imide groups is 1. The average molecular weight is 307 g/mol. The molecule has 1 aromatic carbocycles. The largest absolute Gasteiger partial charge is 0.317 e. The van der Waals surface area contributed by atoms with Gasteiger partial charge in [-0.2, -0.15) is 0 Å². The Hall–Kier alpha value is -1.39. The van der Waals surface area contributed by atoms with Crippen molar-refractivity contribution < 1.29 is 9.59 Å². The van der Waals surface area contributed by atoms with Gasteiger partial charge in [0.1, 0.15) is 0 Å². The van der Waals surface area contributed by atoms with E-state index >= 15 is 0 Å². The van der Waals surface area contributed by atoms with Crippen molar-refractivity contribution in [2.75, 3.05) is 13.1 Å². The first-order valence-corrected chi connectivity index (χ1v) is 7.82. The molecular formula is C16H19ClN2O2. The summed E-state index contributed by atoms with van der Waals surface area (Å²) in [5.74, 6) is -0.0928. The maximum atomic E-state index is 12.7. The van der Waals surface area contributed by atoms with E-state index in [1.807, 2.05) is 24.3 Å². The van der Waals surface area contributed by atoms with Crippen LogP contribution in [0.2, 0.25) is 5.02 Å². The molecule has 3 rings (SSSR count). The maximum absolute atomic E-state index is 12.7. The zero-order valence-corrected chi connectivity index (χ0v) is 12.6. The summed E-state index contributed by atoms with van der Waals surface area (Å²) in [7, 11) is 0. The van der Waals surface area contributed by atoms with Crippen molar-refractivity contribution in [1.82, 2.24) is 10.6 Å². The molecule has 0 saturated carbocycles. The third kappa shape index (κ3) is 2.58. The Labute approximate surface area is 129 Å². The van der Waals surface area contributed by atoms with Crippen LogP contribution in [0.4, 0.5) is 0 Å². The first-order valence-electron chi connectivity index (χ1n) is 7.44. The Morgan fingerprint density at radius 3 is 2.62 bits per heavy atom. The number of carbonyl (C=O) groups is 2. The van der Waals surface area contributed by atoms with Gasteiger partial charge in [-0.25, -0.2) is 0 Å². The summed E-state index contributed by atoms with van der Waals surface area (Å²) >= 11 is 6.13. The number of hydrogen-bond acceptors (Lipinski definition) is 3. The average Bonchev–Trinajstić information content (AvgIpc) is 2.49. The first-order chi connectivity index (χ1) is 10.1. The number of piperidine rings is 2. The van der Waals surface area contributed by atoms with Gasteiger partial charge in [-0.3, -0.25) is 14.9 Å². The minimum Gasteiger partial charge on any atom is -0.317 e. The maximum Gasteiger partial charge on any atom is 0.237 e. The van der Waals surface area contributed by atoms with Crippen LogP contribution in [-0.4, -0.2) is 24.9 Å². The molecule has 0 aromatic heterocycles. The van der Waals surface area contributed by atoms with E-state index in [0.717, 1.165) is 31.5 Å². The van der Waals surface area contributed by atoms with Gasteiger partial charge < -0.3 is 5.32 Å². The third-order valence-electron chi connectivity index (χ3n) is 4.78. The summed E-state index contributed by atoms with van der Waals surface area (Å²) in [4.78, 5) is 24.3. The molecule has 1 aromatic rings. The highest BCUT2D eigenvalue weighted by Crippen LogP contribution is 2.43. The van der Waals surface area contributed by atoms with Crippen LogP contribution < -0.4 is 10.6 Å². The molecule has 4 nitrogen and oxygen atoms in total. The van der Waals surface area contributed by atoms with Crippen LogP contribution in [0.25, 0.3) is 0 Å². The normalized spacial score (nSPS) is 27.5. The molecule has 0 spiro atoms. The molecule has 2 aliphatic rings. The summed E-state index contributed by atoms with van der Waals surface area (Å²) in [6, 6.07) is 7.53. The van der Waals surface area contributed by atoms with Crippen molar-refractivity contribution in [2.45, 2.75) is 31.1 Å². The summed E-state index contributed by atoms with van der Waals surface area (Å²) in [6.45, 7) is 1.82. The second kappa shape index (κ2) is 5.78. The van der Waals surface area contributed by atoms with Gasteiger partial charge in [0.05, 0.1) is 5.41 Å². The quantitative estimate of drug-likeness (QED) is 0.822. The van der Waals surface area contributed by atoms with E-state index in [1.165, 1.54) is 0 Å². The lowest BCUT2D eigenvalue weighted by atomic mass is 9.62. The van der Waals surface area contributed by atoms with Gasteiger partial charge in [0.2, 0.25) is 11.8 Å². The van der Waals surface area contributed by atoms with Gasteiger partial charge >= 0.3 is 0 Å². The lowest BCUT2D eigenvalue weighted by molar-refractivity contribution is -0.140. The smallest absolute Gasteiger partial charge is 0.237 e. The van der Waals surface area contributed by atoms with Crippen molar-refractivity contribution in [3.8, 4) is 0 Å². The molecule has 2 fully saturated rings. The molecule has 0 bridgehead atoms. The van der Waals surface area contributed by atoms with E-state index in [-0.39, 0.29) is 17.7 Å². The molecular weight excluding hydrogens is 288 g/mol. The van der Waals surface area contributed by atoms with Gasteiger partial charge in [0, 0.05) is 11.4 Å². The van der Waals surface area contributed by atoms with Crippen LogP contribution in [-0.2, 0) is 15.0 Å². The topological polar surface area (TPSA) is 58.2 Å². The van der Waals surface area contributed by atoms with E-state index in [1.54, 1.807) is 0 Å². The molecule has 2 heterocycles. The van der Waals surface area contributed by atoms with Crippen molar-refractivity contribution in [2.24, 2.45) is 5.92 Å². The summed E-state index contributed by atoms with van der Waals surface area (Å²) in [5.41, 5.74) is 0.313. The minimum atomic E-state index is -0.624. The Balaban J connectivity index is 2.05. The number of hydrogen-bond donors (Lipinski definition) is 2. The molecule has 2 aliphatic heterocycles. The zero-order chi connectivity index (χ0) is 14.9. The third-order valence-corrected chi connectivity index (χ3v) is 5.02. The van der Waals surface area contributed by atoms with Gasteiger partial charge in [-0.15, -0.1) is 0 Å². The number of carbonyl (C=O) groups excluding carboxylic acids is 2. The molecule has 2 N–H and O–H groups in total. The molecule has 2 amide bonds. The highest BCUT2D eigenvalue weighted by molar-refractivity contribution is 6.30. The van der Waals surface area contributed by atoms with E-state index in [2.05, 4.69) is 10.6 Å². The fourth-order valence-electron chi connectivity index (χ4n) is 3.71. The molecule has 112 valence electrons. The van der Waals surface area contributed by atoms with Crippen molar-refractivity contribution in [3.05, 3.63) is 34.9 Å². The number of rotatable bonds is 2. The number of nitrogens with one attached hydrogen (secondary N) is 2. The zero-order valence-electron chi connectivity index (χ0n) is 11.8. The highest BCUT2D eigenvalue weighted by Gasteiger charge is 2.49. The standard InChI is InChI=1S/C16H19ClN2O2/c17-13-3-1-2-12(10-13)16(11-5-8-18-9-6-11)7-4-14(20)19-15(16)21/h1-3,10-11,18H,4-9H2,(H,19,20,21). The monoisotopic (exact) mass is 306 g/mol. The van der Waals surface area contributed by atoms with Gasteiger partial charge in [0.25, 0.3) is 0 Å². The predicted molar refractivity (Wildman–Crippen MR) is 81.1 cm³/mol. The van der Waals surface area contributed by atoms with Crippen LogP contribution >= 0.6 is 11.6 Å². The van der Waals surface area contributed by atoms with E-state index in [0.29, 0.717) is 17.9 Å². The lowest BCUT2D eigenvalue weighted by Gasteiger charge is -2.44. The van der Waals surface area contributed by atoms with Crippen molar-refractivity contribution in [1.29, 1.82) is 0 Å². The fraction of sp³-hybridized carbons (Fsp3) is 0.500. The molecule has 5 heteroatoms. The Morgan fingerprint density at radius 1 is 1.19 bits per heavy atom. The number of halogens is 1. The van der Waals surface area contributed by atoms with Crippen LogP contribution in [0.5, 0.6) is 0 Å². The summed E-state index contributed by atoms with van der Waals surface area (Å²) in [6.07, 6.45) is 2.84. The Bertz CT molecular complexity index is 569. The van der Waals surface area contributed by atoms with Gasteiger partial charge in [-0.1, -0.05) is 23.7 Å². The van der Waals surface area contributed by atoms with Gasteiger partial charge in [-0.05, 0) is 56.0 Å². The minimum absolute atomic E-state index is 0.159. The molecule has 0 radical (unpaired) electrons. The fourth-order valence-corrected chi connectivity index (χ4v) is 3.90. The molecule has 2 saturated heterocycles. The molecule has 1 atom stereocenters. The number of benzene rings is 1. The van der Waals surface area contributed by atoms with Crippen molar-refractivity contribution in [3.63, 3.8) is 0 Å². The molecule has 0 aliphatic carbocycles. The second-order valence-corrected chi connectivity index (χ2v) is 6.32. The van der Waals surface area contributed by atoms with Crippen LogP contribution in [0, 0.1) is 5.92 Å². The van der Waals surface area contributed by atoms with E-state index in [4.69, 9.17) is 11.6 Å². The lowest BCUT2D eigenvalue weighted by Crippen LogP contribution is -2.57. The van der Waals surface area contributed by atoms with Crippen LogP contribution in [0.3, 0.4) is 0 Å². The Morgan fingerprint density at radius 2 is 1.95 bits per heavy atom. The van der Waals surface area contributed by atoms with E-state index in [9.17, 15) is 9.59 Å². The Kier molecular flexibility index (Phi) is 4.00. The number of amides is 2. The van der Waals surface area contributed by atoms with E-state index < -0.39 is 5.41 Å². The molecule has 1 unspecified atom stereocenters. The highest BCUT2D eigenvalue weighted by atomic mass is 35.5. The van der Waals surface area contributed by atoms with Crippen LogP contribution in [0.15, 0.2) is 24.3 Å². The first kappa shape index (κ1) is 14.5. The van der Waals surface area contributed by atoms with Gasteiger partial charge in [0.15, 0.2) is 0 Å². The summed E-state index contributed by atoms with van der Waals surface area (Å²) < 4.78 is 0. The van der Waals surface area contributed by atoms with Crippen molar-refractivity contribution >= 4 is 23.4 Å². The predicted octanol–water partition coefficient (Wildman–Crippen LogP) is 2.01. The SMILES string of the molecule is O=C1CCC(c2cccc(Cl)c2)(C2CCNCC2)C(=O)N1. The van der Waals surface area contributed by atoms with Crippen LogP contribution in [0.1, 0.15) is 31.2 Å². The second-order valence-electron chi connectivity index (χ2n) is 5.88. The molecule has 21 heavy (non-hydrogen) atoms.